The molecule has 1 N–H and O–H groups in total. The van der Waals surface area contributed by atoms with Gasteiger partial charge in [0.15, 0.2) is 0 Å². The van der Waals surface area contributed by atoms with Crippen LogP contribution in [0, 0.1) is 5.82 Å². The van der Waals surface area contributed by atoms with Gasteiger partial charge in [0.25, 0.3) is 0 Å². The van der Waals surface area contributed by atoms with Crippen molar-refractivity contribution in [3.8, 4) is 0 Å². The van der Waals surface area contributed by atoms with Gasteiger partial charge >= 0.3 is 5.97 Å². The smallest absolute Gasteiger partial charge is 0.341 e. The summed E-state index contributed by atoms with van der Waals surface area (Å²) in [4.78, 5) is 26.0. The molecule has 2 aliphatic rings. The number of rotatable bonds is 2. The van der Waals surface area contributed by atoms with Crippen LogP contribution >= 0.6 is 0 Å². The quantitative estimate of drug-likeness (QED) is 0.919. The van der Waals surface area contributed by atoms with E-state index in [-0.39, 0.29) is 17.0 Å². The molecule has 2 aromatic rings. The lowest BCUT2D eigenvalue weighted by molar-refractivity contribution is 0.0694. The van der Waals surface area contributed by atoms with Crippen LogP contribution in [0.4, 0.5) is 10.1 Å². The third-order valence-corrected chi connectivity index (χ3v) is 5.28. The number of carbonyl (C=O) groups is 1. The van der Waals surface area contributed by atoms with Crippen molar-refractivity contribution in [1.82, 2.24) is 4.57 Å². The minimum atomic E-state index is -1.27. The highest BCUT2D eigenvalue weighted by Gasteiger charge is 2.29. The molecule has 126 valence electrons. The number of carboxylic acid groups (broad SMARTS) is 1. The zero-order valence-corrected chi connectivity index (χ0v) is 13.5. The summed E-state index contributed by atoms with van der Waals surface area (Å²) in [6.45, 7) is 3.64. The molecule has 0 radical (unpaired) electrons. The van der Waals surface area contributed by atoms with Gasteiger partial charge in [0.2, 0.25) is 5.43 Å². The highest BCUT2D eigenvalue weighted by atomic mass is 19.1. The standard InChI is InChI=1S/C18H19FN2O3/c1-10-4-5-11-15-12(17(22)13(18(23)24)9-21(10)15)8-14(19)16(11)20-6-2-3-7-20/h8-10H,2-7H2,1H3,(H,23,24). The Labute approximate surface area is 138 Å². The molecule has 0 saturated carbocycles. The molecule has 1 atom stereocenters. The molecule has 1 aromatic heterocycles. The topological polar surface area (TPSA) is 62.5 Å². The fraction of sp³-hybridized carbons (Fsp3) is 0.444. The average molecular weight is 330 g/mol. The summed E-state index contributed by atoms with van der Waals surface area (Å²) in [6.07, 6.45) is 5.00. The van der Waals surface area contributed by atoms with E-state index in [1.165, 1.54) is 12.3 Å². The number of pyridine rings is 1. The molecule has 2 aliphatic heterocycles. The normalized spacial score (nSPS) is 19.9. The Hall–Kier alpha value is -2.37. The molecule has 4 rings (SSSR count). The Bertz CT molecular complexity index is 913. The van der Waals surface area contributed by atoms with E-state index >= 15 is 0 Å². The summed E-state index contributed by atoms with van der Waals surface area (Å²) in [5.74, 6) is -1.69. The van der Waals surface area contributed by atoms with E-state index in [1.54, 1.807) is 0 Å². The number of nitrogens with zero attached hydrogens (tertiary/aromatic N) is 2. The molecule has 0 aliphatic carbocycles. The minimum absolute atomic E-state index is 0.0792. The molecule has 1 unspecified atom stereocenters. The van der Waals surface area contributed by atoms with Crippen LogP contribution in [-0.4, -0.2) is 28.7 Å². The number of carboxylic acids is 1. The van der Waals surface area contributed by atoms with E-state index in [1.807, 2.05) is 11.5 Å². The van der Waals surface area contributed by atoms with Crippen LogP contribution in [0.15, 0.2) is 17.1 Å². The van der Waals surface area contributed by atoms with Gasteiger partial charge in [-0.05, 0) is 38.7 Å². The van der Waals surface area contributed by atoms with Gasteiger partial charge in [-0.3, -0.25) is 4.79 Å². The molecular weight excluding hydrogens is 311 g/mol. The van der Waals surface area contributed by atoms with E-state index in [4.69, 9.17) is 0 Å². The summed E-state index contributed by atoms with van der Waals surface area (Å²) in [5.41, 5.74) is 1.25. The van der Waals surface area contributed by atoms with Crippen LogP contribution in [0.1, 0.15) is 48.1 Å². The number of aryl methyl sites for hydroxylation is 1. The maximum atomic E-state index is 14.8. The average Bonchev–Trinajstić information content (AvgIpc) is 3.06. The number of hydrogen-bond donors (Lipinski definition) is 1. The van der Waals surface area contributed by atoms with Gasteiger partial charge < -0.3 is 14.6 Å². The fourth-order valence-corrected chi connectivity index (χ4v) is 4.07. The van der Waals surface area contributed by atoms with Crippen molar-refractivity contribution in [1.29, 1.82) is 0 Å². The molecule has 1 fully saturated rings. The zero-order chi connectivity index (χ0) is 17.0. The third kappa shape index (κ3) is 2.05. The first-order valence-corrected chi connectivity index (χ1v) is 8.37. The van der Waals surface area contributed by atoms with Crippen molar-refractivity contribution in [3.05, 3.63) is 39.4 Å². The molecule has 1 aromatic carbocycles. The zero-order valence-electron chi connectivity index (χ0n) is 13.5. The summed E-state index contributed by atoms with van der Waals surface area (Å²) in [7, 11) is 0. The van der Waals surface area contributed by atoms with Crippen LogP contribution in [0.2, 0.25) is 0 Å². The van der Waals surface area contributed by atoms with Gasteiger partial charge in [0.1, 0.15) is 11.4 Å². The predicted molar refractivity (Wildman–Crippen MR) is 89.6 cm³/mol. The Morgan fingerprint density at radius 1 is 1.33 bits per heavy atom. The van der Waals surface area contributed by atoms with Crippen molar-refractivity contribution < 1.29 is 14.3 Å². The van der Waals surface area contributed by atoms with Gasteiger partial charge in [0.05, 0.1) is 11.2 Å². The molecule has 0 amide bonds. The number of aromatic carboxylic acids is 1. The summed E-state index contributed by atoms with van der Waals surface area (Å²) >= 11 is 0. The van der Waals surface area contributed by atoms with Crippen molar-refractivity contribution >= 4 is 22.6 Å². The number of anilines is 1. The second kappa shape index (κ2) is 5.33. The second-order valence-electron chi connectivity index (χ2n) is 6.75. The molecule has 0 bridgehead atoms. The van der Waals surface area contributed by atoms with Crippen LogP contribution in [0.25, 0.3) is 10.9 Å². The van der Waals surface area contributed by atoms with E-state index in [9.17, 15) is 19.1 Å². The lowest BCUT2D eigenvalue weighted by Crippen LogP contribution is -2.27. The third-order valence-electron chi connectivity index (χ3n) is 5.28. The Balaban J connectivity index is 2.11. The van der Waals surface area contributed by atoms with Gasteiger partial charge in [-0.1, -0.05) is 0 Å². The first-order chi connectivity index (χ1) is 11.5. The molecule has 3 heterocycles. The van der Waals surface area contributed by atoms with E-state index in [2.05, 4.69) is 4.90 Å². The summed E-state index contributed by atoms with van der Waals surface area (Å²) < 4.78 is 16.7. The molecule has 6 heteroatoms. The Morgan fingerprint density at radius 3 is 2.71 bits per heavy atom. The van der Waals surface area contributed by atoms with E-state index < -0.39 is 17.2 Å². The largest absolute Gasteiger partial charge is 0.477 e. The highest BCUT2D eigenvalue weighted by molar-refractivity contribution is 5.95. The monoisotopic (exact) mass is 330 g/mol. The van der Waals surface area contributed by atoms with Crippen LogP contribution in [0.5, 0.6) is 0 Å². The maximum Gasteiger partial charge on any atom is 0.341 e. The lowest BCUT2D eigenvalue weighted by Gasteiger charge is -2.31. The maximum absolute atomic E-state index is 14.8. The Morgan fingerprint density at radius 2 is 2.04 bits per heavy atom. The Kier molecular flexibility index (Phi) is 3.37. The minimum Gasteiger partial charge on any atom is -0.477 e. The molecule has 0 spiro atoms. The number of hydrogen-bond acceptors (Lipinski definition) is 3. The SMILES string of the molecule is CC1CCc2c(N3CCCC3)c(F)cc3c(=O)c(C(=O)O)cn1c23. The second-order valence-corrected chi connectivity index (χ2v) is 6.75. The predicted octanol–water partition coefficient (Wildman–Crippen LogP) is 2.95. The summed E-state index contributed by atoms with van der Waals surface area (Å²) in [5, 5.41) is 9.48. The van der Waals surface area contributed by atoms with Crippen LogP contribution in [0.3, 0.4) is 0 Å². The molecular formula is C18H19FN2O3. The van der Waals surface area contributed by atoms with Crippen molar-refractivity contribution in [3.63, 3.8) is 0 Å². The van der Waals surface area contributed by atoms with Crippen molar-refractivity contribution in [2.45, 2.75) is 38.6 Å². The molecule has 1 saturated heterocycles. The van der Waals surface area contributed by atoms with E-state index in [0.29, 0.717) is 17.6 Å². The first kappa shape index (κ1) is 15.2. The van der Waals surface area contributed by atoms with Gasteiger partial charge in [-0.2, -0.15) is 0 Å². The number of aromatic nitrogens is 1. The first-order valence-electron chi connectivity index (χ1n) is 8.37. The number of benzene rings is 1. The van der Waals surface area contributed by atoms with Crippen LogP contribution < -0.4 is 10.3 Å². The van der Waals surface area contributed by atoms with Crippen molar-refractivity contribution in [2.24, 2.45) is 0 Å². The summed E-state index contributed by atoms with van der Waals surface area (Å²) in [6, 6.07) is 1.31. The van der Waals surface area contributed by atoms with Gasteiger partial charge in [0, 0.05) is 36.3 Å². The van der Waals surface area contributed by atoms with Crippen LogP contribution in [-0.2, 0) is 6.42 Å². The van der Waals surface area contributed by atoms with E-state index in [0.717, 1.165) is 37.9 Å². The van der Waals surface area contributed by atoms with Gasteiger partial charge in [-0.15, -0.1) is 0 Å². The van der Waals surface area contributed by atoms with Gasteiger partial charge in [-0.25, -0.2) is 9.18 Å². The number of halogens is 1. The highest BCUT2D eigenvalue weighted by Crippen LogP contribution is 2.38. The van der Waals surface area contributed by atoms with Crippen molar-refractivity contribution in [2.75, 3.05) is 18.0 Å². The molecule has 5 nitrogen and oxygen atoms in total. The fourth-order valence-electron chi connectivity index (χ4n) is 4.07. The lowest BCUT2D eigenvalue weighted by atomic mass is 9.93. The molecule has 24 heavy (non-hydrogen) atoms.